The largest absolute Gasteiger partial charge is 0.348 e. The van der Waals surface area contributed by atoms with Crippen LogP contribution in [0.4, 0.5) is 0 Å². The van der Waals surface area contributed by atoms with Crippen molar-refractivity contribution in [3.8, 4) is 0 Å². The van der Waals surface area contributed by atoms with Crippen molar-refractivity contribution in [3.05, 3.63) is 35.4 Å². The Kier molecular flexibility index (Phi) is 4.40. The maximum Gasteiger partial charge on any atom is 0.226 e. The standard InChI is InChI=1S/C16H22N2O.ClH/c1-16(2)8-7-11-5-3-4-6-13(11)14(16)18-15(19)12-9-17-10-12;/h3-6,12,14,17H,7-10H2,1-2H3,(H,18,19);1H. The van der Waals surface area contributed by atoms with Crippen molar-refractivity contribution in [2.24, 2.45) is 11.3 Å². The Hall–Kier alpha value is -1.06. The monoisotopic (exact) mass is 294 g/mol. The van der Waals surface area contributed by atoms with Gasteiger partial charge in [-0.25, -0.2) is 0 Å². The number of aryl methyl sites for hydroxylation is 1. The van der Waals surface area contributed by atoms with Crippen molar-refractivity contribution in [1.82, 2.24) is 10.6 Å². The Morgan fingerprint density at radius 3 is 2.65 bits per heavy atom. The number of halogens is 1. The second kappa shape index (κ2) is 5.74. The van der Waals surface area contributed by atoms with E-state index in [-0.39, 0.29) is 35.7 Å². The van der Waals surface area contributed by atoms with E-state index >= 15 is 0 Å². The molecule has 3 nitrogen and oxygen atoms in total. The van der Waals surface area contributed by atoms with Crippen molar-refractivity contribution >= 4 is 18.3 Å². The highest BCUT2D eigenvalue weighted by Gasteiger charge is 2.38. The zero-order valence-electron chi connectivity index (χ0n) is 12.1. The highest BCUT2D eigenvalue weighted by molar-refractivity contribution is 5.85. The van der Waals surface area contributed by atoms with Gasteiger partial charge in [-0.05, 0) is 29.4 Å². The number of hydrogen-bond acceptors (Lipinski definition) is 2. The van der Waals surface area contributed by atoms with Gasteiger partial charge in [-0.1, -0.05) is 38.1 Å². The van der Waals surface area contributed by atoms with E-state index in [1.807, 2.05) is 0 Å². The number of hydrogen-bond donors (Lipinski definition) is 2. The minimum atomic E-state index is 0. The summed E-state index contributed by atoms with van der Waals surface area (Å²) in [5.41, 5.74) is 2.82. The maximum atomic E-state index is 12.2. The van der Waals surface area contributed by atoms with Crippen LogP contribution in [-0.2, 0) is 11.2 Å². The average Bonchev–Trinajstić information content (AvgIpc) is 2.31. The molecule has 1 saturated heterocycles. The molecule has 2 N–H and O–H groups in total. The topological polar surface area (TPSA) is 41.1 Å². The number of carbonyl (C=O) groups is 1. The van der Waals surface area contributed by atoms with Crippen LogP contribution < -0.4 is 10.6 Å². The van der Waals surface area contributed by atoms with Crippen LogP contribution >= 0.6 is 12.4 Å². The summed E-state index contributed by atoms with van der Waals surface area (Å²) in [5.74, 6) is 0.360. The van der Waals surface area contributed by atoms with Gasteiger partial charge < -0.3 is 10.6 Å². The summed E-state index contributed by atoms with van der Waals surface area (Å²) in [6, 6.07) is 8.66. The van der Waals surface area contributed by atoms with Crippen LogP contribution in [0, 0.1) is 11.3 Å². The van der Waals surface area contributed by atoms with Crippen LogP contribution in [0.5, 0.6) is 0 Å². The van der Waals surface area contributed by atoms with E-state index in [4.69, 9.17) is 0 Å². The Labute approximate surface area is 126 Å². The third-order valence-electron chi connectivity index (χ3n) is 4.63. The fraction of sp³-hybridized carbons (Fsp3) is 0.562. The molecule has 1 aliphatic heterocycles. The number of benzene rings is 1. The smallest absolute Gasteiger partial charge is 0.226 e. The molecule has 4 heteroatoms. The second-order valence-electron chi connectivity index (χ2n) is 6.48. The molecule has 0 bridgehead atoms. The third-order valence-corrected chi connectivity index (χ3v) is 4.63. The van der Waals surface area contributed by atoms with Gasteiger partial charge in [0, 0.05) is 13.1 Å². The van der Waals surface area contributed by atoms with Gasteiger partial charge in [0.15, 0.2) is 0 Å². The quantitative estimate of drug-likeness (QED) is 0.880. The van der Waals surface area contributed by atoms with Crippen LogP contribution in [0.25, 0.3) is 0 Å². The van der Waals surface area contributed by atoms with Crippen LogP contribution in [0.3, 0.4) is 0 Å². The summed E-state index contributed by atoms with van der Waals surface area (Å²) in [6.07, 6.45) is 2.23. The van der Waals surface area contributed by atoms with Gasteiger partial charge in [-0.15, -0.1) is 12.4 Å². The molecule has 3 rings (SSSR count). The van der Waals surface area contributed by atoms with E-state index in [1.165, 1.54) is 11.1 Å². The number of rotatable bonds is 2. The Balaban J connectivity index is 0.00000147. The molecule has 1 aromatic carbocycles. The van der Waals surface area contributed by atoms with Crippen molar-refractivity contribution in [3.63, 3.8) is 0 Å². The van der Waals surface area contributed by atoms with Crippen molar-refractivity contribution < 1.29 is 4.79 Å². The number of nitrogens with one attached hydrogen (secondary N) is 2. The Morgan fingerprint density at radius 1 is 1.30 bits per heavy atom. The predicted molar refractivity (Wildman–Crippen MR) is 83.0 cm³/mol. The zero-order valence-corrected chi connectivity index (χ0v) is 12.9. The first-order chi connectivity index (χ1) is 9.08. The summed E-state index contributed by atoms with van der Waals surface area (Å²) < 4.78 is 0. The van der Waals surface area contributed by atoms with Crippen molar-refractivity contribution in [2.45, 2.75) is 32.7 Å². The summed E-state index contributed by atoms with van der Waals surface area (Å²) in [4.78, 5) is 12.2. The first kappa shape index (κ1) is 15.3. The van der Waals surface area contributed by atoms with E-state index < -0.39 is 0 Å². The lowest BCUT2D eigenvalue weighted by Gasteiger charge is -2.41. The van der Waals surface area contributed by atoms with Crippen molar-refractivity contribution in [1.29, 1.82) is 0 Å². The molecule has 1 aromatic rings. The number of carbonyl (C=O) groups excluding carboxylic acids is 1. The van der Waals surface area contributed by atoms with Gasteiger partial charge in [-0.3, -0.25) is 4.79 Å². The molecule has 110 valence electrons. The predicted octanol–water partition coefficient (Wildman–Crippen LogP) is 2.46. The van der Waals surface area contributed by atoms with E-state index in [1.54, 1.807) is 0 Å². The number of fused-ring (bicyclic) bond motifs is 1. The van der Waals surface area contributed by atoms with Crippen LogP contribution in [0.1, 0.15) is 37.4 Å². The van der Waals surface area contributed by atoms with Gasteiger partial charge in [-0.2, -0.15) is 0 Å². The maximum absolute atomic E-state index is 12.2. The summed E-state index contributed by atoms with van der Waals surface area (Å²) in [5, 5.41) is 6.45. The summed E-state index contributed by atoms with van der Waals surface area (Å²) in [7, 11) is 0. The lowest BCUT2D eigenvalue weighted by molar-refractivity contribution is -0.128. The van der Waals surface area contributed by atoms with Gasteiger partial charge in [0.05, 0.1) is 12.0 Å². The van der Waals surface area contributed by atoms with Gasteiger partial charge >= 0.3 is 0 Å². The minimum absolute atomic E-state index is 0. The van der Waals surface area contributed by atoms with E-state index in [0.29, 0.717) is 0 Å². The minimum Gasteiger partial charge on any atom is -0.348 e. The molecule has 1 unspecified atom stereocenters. The highest BCUT2D eigenvalue weighted by atomic mass is 35.5. The molecular formula is C16H23ClN2O. The molecule has 1 atom stereocenters. The van der Waals surface area contributed by atoms with Gasteiger partial charge in [0.2, 0.25) is 5.91 Å². The molecule has 0 saturated carbocycles. The second-order valence-corrected chi connectivity index (χ2v) is 6.48. The first-order valence-electron chi connectivity index (χ1n) is 7.17. The molecule has 1 heterocycles. The lowest BCUT2D eigenvalue weighted by atomic mass is 9.70. The molecule has 20 heavy (non-hydrogen) atoms. The van der Waals surface area contributed by atoms with E-state index in [9.17, 15) is 4.79 Å². The van der Waals surface area contributed by atoms with Gasteiger partial charge in [0.25, 0.3) is 0 Å². The first-order valence-corrected chi connectivity index (χ1v) is 7.17. The molecule has 2 aliphatic rings. The molecule has 0 spiro atoms. The van der Waals surface area contributed by atoms with Crippen LogP contribution in [0.2, 0.25) is 0 Å². The summed E-state index contributed by atoms with van der Waals surface area (Å²) in [6.45, 7) is 6.15. The van der Waals surface area contributed by atoms with E-state index in [2.05, 4.69) is 48.7 Å². The SMILES string of the molecule is CC1(C)CCc2ccccc2C1NC(=O)C1CNC1.Cl. The Morgan fingerprint density at radius 2 is 2.00 bits per heavy atom. The molecule has 0 radical (unpaired) electrons. The normalized spacial score (nSPS) is 24.0. The van der Waals surface area contributed by atoms with Crippen molar-refractivity contribution in [2.75, 3.05) is 13.1 Å². The highest BCUT2D eigenvalue weighted by Crippen LogP contribution is 2.43. The molecule has 1 amide bonds. The molecular weight excluding hydrogens is 272 g/mol. The molecule has 0 aromatic heterocycles. The molecule has 1 aliphatic carbocycles. The molecule has 1 fully saturated rings. The zero-order chi connectivity index (χ0) is 13.5. The average molecular weight is 295 g/mol. The van der Waals surface area contributed by atoms with Crippen LogP contribution in [-0.4, -0.2) is 19.0 Å². The fourth-order valence-corrected chi connectivity index (χ4v) is 3.07. The lowest BCUT2D eigenvalue weighted by Crippen LogP contribution is -2.53. The van der Waals surface area contributed by atoms with Gasteiger partial charge in [0.1, 0.15) is 0 Å². The third kappa shape index (κ3) is 2.70. The number of amides is 1. The fourth-order valence-electron chi connectivity index (χ4n) is 3.07. The summed E-state index contributed by atoms with van der Waals surface area (Å²) >= 11 is 0. The Bertz CT molecular complexity index is 497. The van der Waals surface area contributed by atoms with E-state index in [0.717, 1.165) is 25.9 Å². The van der Waals surface area contributed by atoms with Crippen LogP contribution in [0.15, 0.2) is 24.3 Å².